The Kier molecular flexibility index (Phi) is 27.7. The molecule has 0 amide bonds. The topological polar surface area (TPSA) is 114 Å². The van der Waals surface area contributed by atoms with Crippen molar-refractivity contribution in [3.63, 3.8) is 0 Å². The highest BCUT2D eigenvalue weighted by atomic mass is 19.4. The third-order valence-electron chi connectivity index (χ3n) is 30.3. The van der Waals surface area contributed by atoms with E-state index < -0.39 is 35.5 Å². The molecule has 1 saturated carbocycles. The highest BCUT2D eigenvalue weighted by Gasteiger charge is 2.50. The van der Waals surface area contributed by atoms with Gasteiger partial charge in [0.2, 0.25) is 5.82 Å². The molecule has 0 unspecified atom stereocenters. The normalized spacial score (nSPS) is 24.1. The van der Waals surface area contributed by atoms with E-state index in [2.05, 4.69) is 197 Å². The van der Waals surface area contributed by atoms with Crippen LogP contribution in [0.3, 0.4) is 0 Å². The number of rotatable bonds is 7. The number of benzene rings is 2. The van der Waals surface area contributed by atoms with Crippen molar-refractivity contribution in [2.24, 2.45) is 33.0 Å². The molecule has 4 aromatic heterocycles. The fourth-order valence-corrected chi connectivity index (χ4v) is 21.6. The van der Waals surface area contributed by atoms with Gasteiger partial charge in [0.1, 0.15) is 17.4 Å². The number of pyridine rings is 3. The molecule has 17 rings (SSSR count). The second-order valence-electron chi connectivity index (χ2n) is 43.5. The van der Waals surface area contributed by atoms with Gasteiger partial charge in [0.05, 0.1) is 23.2 Å². The van der Waals surface area contributed by atoms with E-state index in [-0.39, 0.29) is 22.1 Å². The first kappa shape index (κ1) is 93.1. The van der Waals surface area contributed by atoms with Crippen molar-refractivity contribution in [1.82, 2.24) is 54.3 Å². The fraction of sp³-hybridized carbons (Fsp3) is 0.711. The third kappa shape index (κ3) is 22.7. The Morgan fingerprint density at radius 1 is 0.385 bits per heavy atom. The van der Waals surface area contributed by atoms with E-state index in [4.69, 9.17) is 0 Å². The van der Waals surface area contributed by atoms with Gasteiger partial charge in [-0.05, 0) is 353 Å². The summed E-state index contributed by atoms with van der Waals surface area (Å²) in [6.45, 7) is 56.5. The van der Waals surface area contributed by atoms with Crippen LogP contribution in [-0.4, -0.2) is 225 Å². The molecule has 122 heavy (non-hydrogen) atoms. The maximum Gasteiger partial charge on any atom is 0.451 e. The van der Waals surface area contributed by atoms with Crippen molar-refractivity contribution in [2.75, 3.05) is 157 Å². The number of ketones is 1. The van der Waals surface area contributed by atoms with Crippen LogP contribution in [0.25, 0.3) is 21.7 Å². The van der Waals surface area contributed by atoms with Gasteiger partial charge in [-0.2, -0.15) is 39.5 Å². The van der Waals surface area contributed by atoms with E-state index in [1.54, 1.807) is 12.1 Å². The number of carbonyl (C=O) groups excluding carboxylic acids is 1. The molecule has 0 radical (unpaired) electrons. The minimum Gasteiger partial charge on any atom is -0.371 e. The van der Waals surface area contributed by atoms with Crippen LogP contribution >= 0.6 is 0 Å². The fourth-order valence-electron chi connectivity index (χ4n) is 21.6. The molecule has 2 aromatic carbocycles. The van der Waals surface area contributed by atoms with Crippen LogP contribution in [0, 0.1) is 33.0 Å². The first-order chi connectivity index (χ1) is 57.1. The lowest BCUT2D eigenvalue weighted by molar-refractivity contribution is -0.145. The Morgan fingerprint density at radius 2 is 0.811 bits per heavy atom. The predicted molar refractivity (Wildman–Crippen MR) is 475 cm³/mol. The molecule has 0 bridgehead atoms. The van der Waals surface area contributed by atoms with Crippen LogP contribution in [0.4, 0.5) is 62.5 Å². The summed E-state index contributed by atoms with van der Waals surface area (Å²) in [5.41, 5.74) is 4.25. The number of carbonyl (C=O) groups is 1. The number of anilines is 4. The number of fused-ring (bicyclic) bond motifs is 2. The van der Waals surface area contributed by atoms with E-state index in [9.17, 15) is 44.3 Å². The number of alkyl halides is 9. The number of nitrogens with zero attached hydrogens (tertiary/aromatic N) is 15. The largest absolute Gasteiger partial charge is 0.451 e. The molecule has 25 heteroatoms. The second-order valence-corrected chi connectivity index (χ2v) is 43.5. The number of Topliss-reactive ketones (excluding diaryl/α,β-unsaturated/α-hetero) is 1. The van der Waals surface area contributed by atoms with E-state index in [1.165, 1.54) is 151 Å². The minimum absolute atomic E-state index is 0.0487. The summed E-state index contributed by atoms with van der Waals surface area (Å²) < 4.78 is 116. The van der Waals surface area contributed by atoms with Crippen LogP contribution in [0.2, 0.25) is 0 Å². The number of likely N-dealkylation sites (tertiary alicyclic amines) is 6. The molecule has 1 aliphatic carbocycles. The average molecular weight is 1710 g/mol. The molecule has 11 aliphatic rings. The molecule has 6 aromatic rings. The van der Waals surface area contributed by atoms with Gasteiger partial charge in [-0.3, -0.25) is 44.2 Å². The van der Waals surface area contributed by atoms with Crippen LogP contribution in [-0.2, 0) is 23.3 Å². The van der Waals surface area contributed by atoms with Crippen molar-refractivity contribution < 1.29 is 44.3 Å². The number of halogens is 9. The summed E-state index contributed by atoms with van der Waals surface area (Å²) in [6.07, 6.45) is 17.0. The summed E-state index contributed by atoms with van der Waals surface area (Å²) >= 11 is 0. The Bertz CT molecular complexity index is 4430. The smallest absolute Gasteiger partial charge is 0.371 e. The van der Waals surface area contributed by atoms with Crippen LogP contribution in [0.1, 0.15) is 243 Å². The number of hydrogen-bond acceptors (Lipinski definition) is 16. The molecular formula is C97H142F9N15O. The standard InChI is InChI=1S/C22H28F3N3.C21H29N3.C19H34N2O.C18H26F3N3.C17H25F3N4/c1-20(2,3)28-14-10-21(15-28)8-12-27(13-9-21)18-7-11-26-19-16(18)5-4-6-17(19)22(23,24)25;1-20(2,3)24-13-9-21(16-24)7-11-23(12-8-21)19-5-4-18-15-22-10-6-17(18)14-19;1-18(2,3)21-13-10-19(15-21)8-6-16(7-9-19)17(22)14-20-11-4-5-12-20;1-16(2,3)24-11-8-17(13-24)6-9-23(10-7-17)15-5-4-14(12-22-15)18(19,20)21;1-15(2,3)24-11-7-16(12-24)5-9-23(10-6-16)13-4-8-21-14(22-13)17(18,19)20/h4-7,11H,8-10,12-15H2,1-3H3;4-6,10,14-15H,7-9,11-13,16H2,1-3H3;16H,4-15H2,1-3H3;4-5,12H,6-11,13H2,1-3H3;4,8H,5-7,9-12H2,1-3H3. The quantitative estimate of drug-likeness (QED) is 0.141. The SMILES string of the molecule is CC(C)(C)N1CCC2(CCC(C(=O)CN3CCCC3)CC2)C1.CC(C)(C)N1CCC2(CCN(c3ccc(C(F)(F)F)cn3)CC2)C1.CC(C)(C)N1CCC2(CCN(c3ccc4cnccc4c3)CC2)C1.CC(C)(C)N1CCC2(CCN(c3ccnc(C(F)(F)F)n3)CC2)C1.CC(C)(C)N1CCC2(CCN(c3ccnc4c(C(F)(F)F)cccc34)CC2)C1. The van der Waals surface area contributed by atoms with Gasteiger partial charge in [0, 0.05) is 172 Å². The zero-order chi connectivity index (χ0) is 87.9. The molecule has 10 saturated heterocycles. The minimum atomic E-state index is -4.49. The van der Waals surface area contributed by atoms with Crippen molar-refractivity contribution in [1.29, 1.82) is 0 Å². The van der Waals surface area contributed by atoms with Crippen molar-refractivity contribution in [3.05, 3.63) is 115 Å². The Morgan fingerprint density at radius 3 is 1.23 bits per heavy atom. The Hall–Kier alpha value is -6.51. The first-order valence-electron chi connectivity index (χ1n) is 45.8. The van der Waals surface area contributed by atoms with E-state index in [0.717, 1.165) is 174 Å². The lowest BCUT2D eigenvalue weighted by Gasteiger charge is -2.42. The summed E-state index contributed by atoms with van der Waals surface area (Å²) in [7, 11) is 0. The summed E-state index contributed by atoms with van der Waals surface area (Å²) in [5.74, 6) is 0.874. The summed E-state index contributed by atoms with van der Waals surface area (Å²) in [4.78, 5) is 56.1. The van der Waals surface area contributed by atoms with Gasteiger partial charge >= 0.3 is 18.5 Å². The van der Waals surface area contributed by atoms with Gasteiger partial charge in [0.15, 0.2) is 0 Å². The highest BCUT2D eigenvalue weighted by molar-refractivity contribution is 5.94. The maximum atomic E-state index is 13.4. The average Bonchev–Trinajstić information content (AvgIpc) is 1.72. The number of aromatic nitrogens is 5. The lowest BCUT2D eigenvalue weighted by Crippen LogP contribution is -2.45. The van der Waals surface area contributed by atoms with Crippen LogP contribution in [0.15, 0.2) is 97.7 Å². The Balaban J connectivity index is 0.000000132. The van der Waals surface area contributed by atoms with E-state index >= 15 is 0 Å². The van der Waals surface area contributed by atoms with Crippen LogP contribution in [0.5, 0.6) is 0 Å². The van der Waals surface area contributed by atoms with E-state index in [1.807, 2.05) is 23.4 Å². The first-order valence-corrected chi connectivity index (χ1v) is 45.8. The van der Waals surface area contributed by atoms with Gasteiger partial charge in [-0.25, -0.2) is 15.0 Å². The molecule has 10 aliphatic heterocycles. The lowest BCUT2D eigenvalue weighted by atomic mass is 9.69. The molecule has 5 spiro atoms. The van der Waals surface area contributed by atoms with Crippen molar-refractivity contribution in [2.45, 2.75) is 272 Å². The molecular weight excluding hydrogens is 1560 g/mol. The molecule has 16 nitrogen and oxygen atoms in total. The number of piperidine rings is 4. The van der Waals surface area contributed by atoms with Crippen molar-refractivity contribution in [3.8, 4) is 0 Å². The Labute approximate surface area is 722 Å². The molecule has 0 atom stereocenters. The number of para-hydroxylation sites is 1. The van der Waals surface area contributed by atoms with Gasteiger partial charge in [-0.1, -0.05) is 18.2 Å². The van der Waals surface area contributed by atoms with Crippen LogP contribution < -0.4 is 19.6 Å². The van der Waals surface area contributed by atoms with Gasteiger partial charge < -0.3 is 19.6 Å². The highest BCUT2D eigenvalue weighted by Crippen LogP contribution is 2.51. The summed E-state index contributed by atoms with van der Waals surface area (Å²) in [6, 6.07) is 19.3. The number of hydrogen-bond donors (Lipinski definition) is 0. The maximum absolute atomic E-state index is 13.4. The zero-order valence-electron chi connectivity index (χ0n) is 76.1. The van der Waals surface area contributed by atoms with E-state index in [0.29, 0.717) is 66.9 Å². The predicted octanol–water partition coefficient (Wildman–Crippen LogP) is 20.8. The van der Waals surface area contributed by atoms with Crippen molar-refractivity contribution >= 4 is 50.5 Å². The summed E-state index contributed by atoms with van der Waals surface area (Å²) in [5, 5.41) is 3.12. The zero-order valence-corrected chi connectivity index (χ0v) is 76.1. The molecule has 14 heterocycles. The second kappa shape index (κ2) is 36.3. The third-order valence-corrected chi connectivity index (χ3v) is 30.3. The molecule has 674 valence electrons. The molecule has 0 N–H and O–H groups in total. The monoisotopic (exact) mass is 1700 g/mol. The van der Waals surface area contributed by atoms with Gasteiger partial charge in [0.25, 0.3) is 0 Å². The molecule has 11 fully saturated rings. The van der Waals surface area contributed by atoms with Gasteiger partial charge in [-0.15, -0.1) is 0 Å².